The molecule has 2 rings (SSSR count). The number of hydrogen-bond acceptors (Lipinski definition) is 2. The Balaban J connectivity index is 2.67. The maximum atomic E-state index is 11.7. The monoisotopic (exact) mass is 276 g/mol. The van der Waals surface area contributed by atoms with Crippen molar-refractivity contribution in [2.24, 2.45) is 0 Å². The number of aromatic hydroxyl groups is 1. The van der Waals surface area contributed by atoms with Crippen LogP contribution >= 0.6 is 0 Å². The first-order chi connectivity index (χ1) is 9.22. The molecule has 0 bridgehead atoms. The first-order valence-electron chi connectivity index (χ1n) is 7.32. The number of carboxylic acids is 1. The number of phenols is 1. The van der Waals surface area contributed by atoms with E-state index in [2.05, 4.69) is 6.92 Å². The lowest BCUT2D eigenvalue weighted by molar-refractivity contribution is -0.147. The summed E-state index contributed by atoms with van der Waals surface area (Å²) in [5.74, 6) is -0.635. The fourth-order valence-electron chi connectivity index (χ4n) is 2.96. The molecule has 1 aliphatic rings. The second-order valence-corrected chi connectivity index (χ2v) is 6.88. The zero-order valence-electron chi connectivity index (χ0n) is 12.8. The summed E-state index contributed by atoms with van der Waals surface area (Å²) in [5, 5.41) is 20.2. The molecule has 0 heterocycles. The topological polar surface area (TPSA) is 57.5 Å². The number of hydrogen-bond donors (Lipinski definition) is 2. The number of carboxylic acid groups (broad SMARTS) is 1. The molecular weight excluding hydrogens is 252 g/mol. The van der Waals surface area contributed by atoms with Crippen LogP contribution < -0.4 is 0 Å². The van der Waals surface area contributed by atoms with Crippen LogP contribution in [0.4, 0.5) is 0 Å². The molecule has 0 atom stereocenters. The molecule has 0 unspecified atom stereocenters. The third-order valence-corrected chi connectivity index (χ3v) is 4.52. The molecular formula is C17H24O3. The lowest BCUT2D eigenvalue weighted by atomic mass is 9.63. The lowest BCUT2D eigenvalue weighted by Gasteiger charge is -2.39. The highest BCUT2D eigenvalue weighted by Crippen LogP contribution is 2.49. The largest absolute Gasteiger partial charge is 0.507 e. The standard InChI is InChI=1S/C17H24O3/c1-5-11-9-12(16(2,3)4)14(18)13(10-11)17(15(19)20)7-6-8-17/h9-10,18H,5-8H2,1-4H3,(H,19,20). The zero-order valence-corrected chi connectivity index (χ0v) is 12.8. The Labute approximate surface area is 120 Å². The molecule has 0 radical (unpaired) electrons. The SMILES string of the molecule is CCc1cc(C(C)(C)C)c(O)c(C2(C(=O)O)CCC2)c1. The molecule has 2 N–H and O–H groups in total. The van der Waals surface area contributed by atoms with Gasteiger partial charge >= 0.3 is 5.97 Å². The Kier molecular flexibility index (Phi) is 3.57. The van der Waals surface area contributed by atoms with Gasteiger partial charge in [-0.2, -0.15) is 0 Å². The van der Waals surface area contributed by atoms with E-state index in [4.69, 9.17) is 0 Å². The maximum Gasteiger partial charge on any atom is 0.314 e. The van der Waals surface area contributed by atoms with E-state index >= 15 is 0 Å². The van der Waals surface area contributed by atoms with Gasteiger partial charge in [-0.15, -0.1) is 0 Å². The summed E-state index contributed by atoms with van der Waals surface area (Å²) in [4.78, 5) is 11.7. The molecule has 1 fully saturated rings. The van der Waals surface area contributed by atoms with Crippen molar-refractivity contribution in [1.29, 1.82) is 0 Å². The molecule has 1 aliphatic carbocycles. The minimum absolute atomic E-state index is 0.178. The summed E-state index contributed by atoms with van der Waals surface area (Å²) >= 11 is 0. The molecule has 0 aliphatic heterocycles. The number of phenolic OH excluding ortho intramolecular Hbond substituents is 1. The average molecular weight is 276 g/mol. The second kappa shape index (κ2) is 4.80. The number of benzene rings is 1. The molecule has 0 aromatic heterocycles. The second-order valence-electron chi connectivity index (χ2n) is 6.88. The smallest absolute Gasteiger partial charge is 0.314 e. The third kappa shape index (κ3) is 2.19. The number of aliphatic carboxylic acids is 1. The van der Waals surface area contributed by atoms with E-state index in [1.54, 1.807) is 0 Å². The predicted molar refractivity (Wildman–Crippen MR) is 79.3 cm³/mol. The van der Waals surface area contributed by atoms with Crippen LogP contribution in [-0.2, 0) is 22.0 Å². The maximum absolute atomic E-state index is 11.7. The highest BCUT2D eigenvalue weighted by atomic mass is 16.4. The van der Waals surface area contributed by atoms with Crippen LogP contribution in [0.5, 0.6) is 5.75 Å². The molecule has 0 spiro atoms. The molecule has 1 aromatic rings. The molecule has 1 aromatic carbocycles. The zero-order chi connectivity index (χ0) is 15.1. The number of aryl methyl sites for hydroxylation is 1. The first-order valence-corrected chi connectivity index (χ1v) is 7.32. The lowest BCUT2D eigenvalue weighted by Crippen LogP contribution is -2.42. The van der Waals surface area contributed by atoms with Gasteiger partial charge in [0.2, 0.25) is 0 Å². The highest BCUT2D eigenvalue weighted by Gasteiger charge is 2.48. The summed E-state index contributed by atoms with van der Waals surface area (Å²) in [7, 11) is 0. The molecule has 0 amide bonds. The molecule has 20 heavy (non-hydrogen) atoms. The third-order valence-electron chi connectivity index (χ3n) is 4.52. The van der Waals surface area contributed by atoms with Gasteiger partial charge in [-0.1, -0.05) is 46.2 Å². The van der Waals surface area contributed by atoms with E-state index in [-0.39, 0.29) is 11.2 Å². The number of carbonyl (C=O) groups is 1. The van der Waals surface area contributed by atoms with Crippen LogP contribution in [0.25, 0.3) is 0 Å². The van der Waals surface area contributed by atoms with Crippen molar-refractivity contribution in [2.75, 3.05) is 0 Å². The number of rotatable bonds is 3. The van der Waals surface area contributed by atoms with Gasteiger partial charge in [-0.05, 0) is 35.8 Å². The molecule has 3 nitrogen and oxygen atoms in total. The van der Waals surface area contributed by atoms with Crippen LogP contribution in [0.15, 0.2) is 12.1 Å². The van der Waals surface area contributed by atoms with E-state index in [1.807, 2.05) is 32.9 Å². The van der Waals surface area contributed by atoms with Crippen molar-refractivity contribution in [3.8, 4) is 5.75 Å². The van der Waals surface area contributed by atoms with Crippen molar-refractivity contribution < 1.29 is 15.0 Å². The van der Waals surface area contributed by atoms with E-state index in [0.717, 1.165) is 24.0 Å². The molecule has 0 saturated heterocycles. The van der Waals surface area contributed by atoms with E-state index in [9.17, 15) is 15.0 Å². The van der Waals surface area contributed by atoms with Gasteiger partial charge in [0.25, 0.3) is 0 Å². The summed E-state index contributed by atoms with van der Waals surface area (Å²) in [6, 6.07) is 3.89. The van der Waals surface area contributed by atoms with Gasteiger partial charge in [0.05, 0.1) is 5.41 Å². The summed E-state index contributed by atoms with van der Waals surface area (Å²) in [6.07, 6.45) is 2.98. The fourth-order valence-corrected chi connectivity index (χ4v) is 2.96. The van der Waals surface area contributed by atoms with Crippen LogP contribution in [-0.4, -0.2) is 16.2 Å². The minimum atomic E-state index is -0.880. The van der Waals surface area contributed by atoms with Crippen molar-refractivity contribution >= 4 is 5.97 Å². The molecule has 1 saturated carbocycles. The molecule has 3 heteroatoms. The molecule has 110 valence electrons. The Morgan fingerprint density at radius 1 is 1.30 bits per heavy atom. The quantitative estimate of drug-likeness (QED) is 0.883. The van der Waals surface area contributed by atoms with Crippen molar-refractivity contribution in [3.05, 3.63) is 28.8 Å². The summed E-state index contributed by atoms with van der Waals surface area (Å²) < 4.78 is 0. The van der Waals surface area contributed by atoms with Crippen LogP contribution in [0.2, 0.25) is 0 Å². The Morgan fingerprint density at radius 2 is 1.90 bits per heavy atom. The van der Waals surface area contributed by atoms with Crippen molar-refractivity contribution in [2.45, 2.75) is 64.2 Å². The average Bonchev–Trinajstić information content (AvgIpc) is 2.27. The normalized spacial score (nSPS) is 17.6. The van der Waals surface area contributed by atoms with Gasteiger partial charge in [0, 0.05) is 5.56 Å². The van der Waals surface area contributed by atoms with Gasteiger partial charge in [-0.25, -0.2) is 0 Å². The van der Waals surface area contributed by atoms with Crippen LogP contribution in [0.3, 0.4) is 0 Å². The fraction of sp³-hybridized carbons (Fsp3) is 0.588. The Morgan fingerprint density at radius 3 is 2.25 bits per heavy atom. The Hall–Kier alpha value is -1.51. The summed E-state index contributed by atoms with van der Waals surface area (Å²) in [5.41, 5.74) is 1.47. The Bertz CT molecular complexity index is 534. The van der Waals surface area contributed by atoms with Gasteiger partial charge < -0.3 is 10.2 Å². The van der Waals surface area contributed by atoms with Crippen LogP contribution in [0, 0.1) is 0 Å². The van der Waals surface area contributed by atoms with Crippen molar-refractivity contribution in [1.82, 2.24) is 0 Å². The van der Waals surface area contributed by atoms with E-state index in [1.165, 1.54) is 0 Å². The van der Waals surface area contributed by atoms with Gasteiger partial charge in [-0.3, -0.25) is 4.79 Å². The van der Waals surface area contributed by atoms with E-state index < -0.39 is 11.4 Å². The predicted octanol–water partition coefficient (Wildman–Crippen LogP) is 3.76. The summed E-state index contributed by atoms with van der Waals surface area (Å²) in [6.45, 7) is 8.18. The highest BCUT2D eigenvalue weighted by molar-refractivity contribution is 5.84. The van der Waals surface area contributed by atoms with E-state index in [0.29, 0.717) is 18.4 Å². The first kappa shape index (κ1) is 14.9. The van der Waals surface area contributed by atoms with Gasteiger partial charge in [0.15, 0.2) is 0 Å². The van der Waals surface area contributed by atoms with Crippen LogP contribution in [0.1, 0.15) is 63.6 Å². The van der Waals surface area contributed by atoms with Crippen molar-refractivity contribution in [3.63, 3.8) is 0 Å². The van der Waals surface area contributed by atoms with Gasteiger partial charge in [0.1, 0.15) is 5.75 Å². The minimum Gasteiger partial charge on any atom is -0.507 e.